The van der Waals surface area contributed by atoms with E-state index in [1.54, 1.807) is 30.0 Å². The first-order valence-corrected chi connectivity index (χ1v) is 12.6. The van der Waals surface area contributed by atoms with Gasteiger partial charge in [0.15, 0.2) is 0 Å². The van der Waals surface area contributed by atoms with Gasteiger partial charge in [0.25, 0.3) is 0 Å². The van der Waals surface area contributed by atoms with Crippen molar-refractivity contribution in [3.05, 3.63) is 96.2 Å². The highest BCUT2D eigenvalue weighted by Crippen LogP contribution is 2.31. The van der Waals surface area contributed by atoms with Gasteiger partial charge in [-0.1, -0.05) is 62.4 Å². The van der Waals surface area contributed by atoms with E-state index in [1.807, 2.05) is 86.8 Å². The number of carbonyl (C=O) groups is 1. The van der Waals surface area contributed by atoms with Crippen LogP contribution in [-0.4, -0.2) is 17.2 Å². The van der Waals surface area contributed by atoms with E-state index < -0.39 is 18.0 Å². The van der Waals surface area contributed by atoms with Crippen molar-refractivity contribution in [3.63, 3.8) is 0 Å². The monoisotopic (exact) mass is 482 g/mol. The second kappa shape index (κ2) is 11.1. The van der Waals surface area contributed by atoms with E-state index in [1.165, 1.54) is 0 Å². The fourth-order valence-corrected chi connectivity index (χ4v) is 4.34. The first-order valence-electron chi connectivity index (χ1n) is 11.4. The number of hydrogen-bond acceptors (Lipinski definition) is 6. The molecule has 0 amide bonds. The maximum Gasteiger partial charge on any atom is 0.315 e. The SMILES string of the molecule is CSc1ccc(Oc2cccc(C(C#N)OC(=O)C(c3ccc4ccccc4c3)C(C)C)n2)cc1. The van der Waals surface area contributed by atoms with Crippen molar-refractivity contribution in [1.82, 2.24) is 4.98 Å². The molecule has 0 aliphatic rings. The molecule has 0 bridgehead atoms. The van der Waals surface area contributed by atoms with E-state index in [0.29, 0.717) is 17.3 Å². The van der Waals surface area contributed by atoms with Crippen LogP contribution >= 0.6 is 11.8 Å². The first-order chi connectivity index (χ1) is 17.0. The van der Waals surface area contributed by atoms with Crippen LogP contribution < -0.4 is 4.74 Å². The van der Waals surface area contributed by atoms with Gasteiger partial charge in [0.05, 0.1) is 11.6 Å². The van der Waals surface area contributed by atoms with Gasteiger partial charge >= 0.3 is 5.97 Å². The Kier molecular flexibility index (Phi) is 7.69. The van der Waals surface area contributed by atoms with Crippen molar-refractivity contribution in [1.29, 1.82) is 5.26 Å². The Bertz CT molecular complexity index is 1360. The molecule has 0 aliphatic heterocycles. The lowest BCUT2D eigenvalue weighted by molar-refractivity contribution is -0.150. The maximum atomic E-state index is 13.3. The Morgan fingerprint density at radius 3 is 2.37 bits per heavy atom. The summed E-state index contributed by atoms with van der Waals surface area (Å²) in [6.07, 6.45) is 0.861. The van der Waals surface area contributed by atoms with E-state index in [2.05, 4.69) is 11.1 Å². The number of pyridine rings is 1. The Morgan fingerprint density at radius 1 is 0.943 bits per heavy atom. The first kappa shape index (κ1) is 24.3. The van der Waals surface area contributed by atoms with Crippen molar-refractivity contribution in [2.24, 2.45) is 5.92 Å². The van der Waals surface area contributed by atoms with E-state index in [-0.39, 0.29) is 5.92 Å². The number of carbonyl (C=O) groups excluding carboxylic acids is 1. The predicted molar refractivity (Wildman–Crippen MR) is 139 cm³/mol. The number of thioether (sulfide) groups is 1. The third-order valence-corrected chi connectivity index (χ3v) is 6.44. The fraction of sp³-hybridized carbons (Fsp3) is 0.207. The molecule has 3 aromatic carbocycles. The van der Waals surface area contributed by atoms with Crippen molar-refractivity contribution < 1.29 is 14.3 Å². The van der Waals surface area contributed by atoms with Gasteiger partial charge in [0, 0.05) is 11.0 Å². The summed E-state index contributed by atoms with van der Waals surface area (Å²) in [5.41, 5.74) is 1.18. The number of nitrogens with zero attached hydrogens (tertiary/aromatic N) is 2. The summed E-state index contributed by atoms with van der Waals surface area (Å²) in [5.74, 6) is -0.0258. The Hall–Kier alpha value is -3.82. The number of hydrogen-bond donors (Lipinski definition) is 0. The van der Waals surface area contributed by atoms with Gasteiger partial charge in [-0.25, -0.2) is 4.98 Å². The van der Waals surface area contributed by atoms with Gasteiger partial charge in [0.2, 0.25) is 12.0 Å². The fourth-order valence-electron chi connectivity index (χ4n) is 3.93. The quantitative estimate of drug-likeness (QED) is 0.194. The average molecular weight is 483 g/mol. The molecule has 0 spiro atoms. The number of ether oxygens (including phenoxy) is 2. The Balaban J connectivity index is 1.53. The zero-order valence-electron chi connectivity index (χ0n) is 19.8. The third kappa shape index (κ3) is 5.82. The second-order valence-corrected chi connectivity index (χ2v) is 9.33. The van der Waals surface area contributed by atoms with Crippen LogP contribution in [0.5, 0.6) is 11.6 Å². The summed E-state index contributed by atoms with van der Waals surface area (Å²) in [6.45, 7) is 3.94. The lowest BCUT2D eigenvalue weighted by atomic mass is 9.87. The molecular formula is C29H26N2O3S. The van der Waals surface area contributed by atoms with E-state index >= 15 is 0 Å². The molecule has 2 unspecified atom stereocenters. The highest BCUT2D eigenvalue weighted by atomic mass is 32.2. The van der Waals surface area contributed by atoms with Gasteiger partial charge in [-0.15, -0.1) is 11.8 Å². The molecule has 0 saturated heterocycles. The van der Waals surface area contributed by atoms with Gasteiger partial charge < -0.3 is 9.47 Å². The number of nitriles is 1. The molecule has 6 heteroatoms. The molecule has 2 atom stereocenters. The van der Waals surface area contributed by atoms with E-state index in [0.717, 1.165) is 21.2 Å². The molecule has 176 valence electrons. The molecule has 0 aliphatic carbocycles. The molecule has 35 heavy (non-hydrogen) atoms. The minimum Gasteiger partial charge on any atom is -0.440 e. The summed E-state index contributed by atoms with van der Waals surface area (Å²) in [5, 5.41) is 11.9. The molecule has 5 nitrogen and oxygen atoms in total. The summed E-state index contributed by atoms with van der Waals surface area (Å²) in [6, 6.07) is 28.8. The molecule has 1 heterocycles. The molecule has 0 fully saturated rings. The van der Waals surface area contributed by atoms with Crippen molar-refractivity contribution >= 4 is 28.5 Å². The van der Waals surface area contributed by atoms with Crippen LogP contribution in [0.3, 0.4) is 0 Å². The lowest BCUT2D eigenvalue weighted by Gasteiger charge is -2.22. The van der Waals surface area contributed by atoms with Crippen LogP contribution in [0.4, 0.5) is 0 Å². The van der Waals surface area contributed by atoms with Gasteiger partial charge in [-0.2, -0.15) is 5.26 Å². The maximum absolute atomic E-state index is 13.3. The number of rotatable bonds is 8. The minimum atomic E-state index is -1.15. The Morgan fingerprint density at radius 2 is 1.69 bits per heavy atom. The standard InChI is InChI=1S/C29H26N2O3S/c1-19(2)28(22-12-11-20-7-4-5-8-21(20)17-22)29(32)34-26(18-30)25-9-6-10-27(31-25)33-23-13-15-24(35-3)16-14-23/h4-17,19,26,28H,1-3H3. The zero-order valence-corrected chi connectivity index (χ0v) is 20.7. The smallest absolute Gasteiger partial charge is 0.315 e. The van der Waals surface area contributed by atoms with Gasteiger partial charge in [-0.3, -0.25) is 4.79 Å². The summed E-state index contributed by atoms with van der Waals surface area (Å²) in [4.78, 5) is 18.8. The zero-order chi connectivity index (χ0) is 24.8. The largest absolute Gasteiger partial charge is 0.440 e. The van der Waals surface area contributed by atoms with Crippen LogP contribution in [0.2, 0.25) is 0 Å². The van der Waals surface area contributed by atoms with Gasteiger partial charge in [-0.05, 0) is 58.8 Å². The molecule has 4 aromatic rings. The molecule has 0 N–H and O–H groups in total. The Labute approximate surface area is 209 Å². The summed E-state index contributed by atoms with van der Waals surface area (Å²) >= 11 is 1.65. The lowest BCUT2D eigenvalue weighted by Crippen LogP contribution is -2.23. The van der Waals surface area contributed by atoms with Crippen molar-refractivity contribution in [2.45, 2.75) is 30.8 Å². The van der Waals surface area contributed by atoms with Crippen LogP contribution in [0.1, 0.15) is 37.1 Å². The highest BCUT2D eigenvalue weighted by molar-refractivity contribution is 7.98. The van der Waals surface area contributed by atoms with Crippen molar-refractivity contribution in [3.8, 4) is 17.7 Å². The predicted octanol–water partition coefficient (Wildman–Crippen LogP) is 7.30. The normalized spacial score (nSPS) is 12.7. The summed E-state index contributed by atoms with van der Waals surface area (Å²) < 4.78 is 11.5. The average Bonchev–Trinajstić information content (AvgIpc) is 2.87. The molecular weight excluding hydrogens is 456 g/mol. The van der Waals surface area contributed by atoms with Crippen LogP contribution in [0.25, 0.3) is 10.8 Å². The molecule has 1 aromatic heterocycles. The highest BCUT2D eigenvalue weighted by Gasteiger charge is 2.29. The molecule has 4 rings (SSSR count). The van der Waals surface area contributed by atoms with Crippen LogP contribution in [0.15, 0.2) is 89.8 Å². The molecule has 0 saturated carbocycles. The van der Waals surface area contributed by atoms with Crippen LogP contribution in [-0.2, 0) is 9.53 Å². The minimum absolute atomic E-state index is 0.0186. The molecule has 0 radical (unpaired) electrons. The number of esters is 1. The number of fused-ring (bicyclic) bond motifs is 1. The van der Waals surface area contributed by atoms with Crippen LogP contribution in [0, 0.1) is 17.2 Å². The number of aromatic nitrogens is 1. The van der Waals surface area contributed by atoms with Crippen molar-refractivity contribution in [2.75, 3.05) is 6.26 Å². The van der Waals surface area contributed by atoms with E-state index in [4.69, 9.17) is 9.47 Å². The third-order valence-electron chi connectivity index (χ3n) is 5.70. The van der Waals surface area contributed by atoms with E-state index in [9.17, 15) is 10.1 Å². The summed E-state index contributed by atoms with van der Waals surface area (Å²) in [7, 11) is 0. The van der Waals surface area contributed by atoms with Gasteiger partial charge in [0.1, 0.15) is 11.8 Å². The topological polar surface area (TPSA) is 72.2 Å². The number of benzene rings is 3. The second-order valence-electron chi connectivity index (χ2n) is 8.45.